The molecule has 1 aromatic carbocycles. The van der Waals surface area contributed by atoms with Crippen LogP contribution in [0.15, 0.2) is 47.8 Å². The summed E-state index contributed by atoms with van der Waals surface area (Å²) in [5.41, 5.74) is 0.979. The third kappa shape index (κ3) is 6.92. The van der Waals surface area contributed by atoms with Crippen LogP contribution in [0, 0.1) is 5.92 Å². The highest BCUT2D eigenvalue weighted by Crippen LogP contribution is 2.25. The zero-order valence-electron chi connectivity index (χ0n) is 18.1. The van der Waals surface area contributed by atoms with Gasteiger partial charge in [0.15, 0.2) is 0 Å². The summed E-state index contributed by atoms with van der Waals surface area (Å²) in [6.45, 7) is 3.90. The molecule has 0 saturated heterocycles. The highest BCUT2D eigenvalue weighted by molar-refractivity contribution is 7.12. The van der Waals surface area contributed by atoms with Crippen LogP contribution < -0.4 is 16.0 Å². The van der Waals surface area contributed by atoms with Crippen LogP contribution in [0.3, 0.4) is 0 Å². The first-order valence-corrected chi connectivity index (χ1v) is 11.8. The second-order valence-electron chi connectivity index (χ2n) is 8.43. The van der Waals surface area contributed by atoms with Crippen LogP contribution in [0.2, 0.25) is 0 Å². The molecule has 3 rings (SSSR count). The van der Waals surface area contributed by atoms with E-state index in [-0.39, 0.29) is 35.7 Å². The van der Waals surface area contributed by atoms with E-state index < -0.39 is 6.04 Å². The number of carbonyl (C=O) groups is 3. The Labute approximate surface area is 187 Å². The monoisotopic (exact) mass is 441 g/mol. The number of carbonyl (C=O) groups excluding carboxylic acids is 3. The lowest BCUT2D eigenvalue weighted by Gasteiger charge is -2.31. The fourth-order valence-electron chi connectivity index (χ4n) is 3.96. The number of benzene rings is 1. The second kappa shape index (κ2) is 11.1. The Morgan fingerprint density at radius 2 is 1.81 bits per heavy atom. The average Bonchev–Trinajstić information content (AvgIpc) is 3.29. The molecular weight excluding hydrogens is 410 g/mol. The quantitative estimate of drug-likeness (QED) is 0.587. The van der Waals surface area contributed by atoms with Crippen molar-refractivity contribution in [3.05, 3.63) is 58.3 Å². The molecule has 0 aliphatic heterocycles. The third-order valence-corrected chi connectivity index (χ3v) is 6.34. The summed E-state index contributed by atoms with van der Waals surface area (Å²) in [6, 6.07) is 12.6. The van der Waals surface area contributed by atoms with E-state index in [1.165, 1.54) is 11.3 Å². The van der Waals surface area contributed by atoms with Crippen molar-refractivity contribution in [3.8, 4) is 0 Å². The maximum Gasteiger partial charge on any atom is 0.262 e. The molecule has 6 nitrogen and oxygen atoms in total. The maximum absolute atomic E-state index is 13.2. The highest BCUT2D eigenvalue weighted by atomic mass is 32.1. The number of hydrogen-bond acceptors (Lipinski definition) is 4. The number of hydrogen-bond donors (Lipinski definition) is 3. The molecule has 3 atom stereocenters. The Hall–Kier alpha value is -2.67. The molecule has 0 radical (unpaired) electrons. The van der Waals surface area contributed by atoms with Gasteiger partial charge in [-0.2, -0.15) is 0 Å². The van der Waals surface area contributed by atoms with Gasteiger partial charge < -0.3 is 16.0 Å². The normalized spacial score (nSPS) is 19.5. The first-order valence-electron chi connectivity index (χ1n) is 10.9. The van der Waals surface area contributed by atoms with E-state index in [0.29, 0.717) is 17.7 Å². The molecule has 1 aromatic heterocycles. The first kappa shape index (κ1) is 23.0. The molecule has 1 aliphatic rings. The topological polar surface area (TPSA) is 87.3 Å². The van der Waals surface area contributed by atoms with Gasteiger partial charge in [-0.3, -0.25) is 14.4 Å². The largest absolute Gasteiger partial charge is 0.354 e. The van der Waals surface area contributed by atoms with Gasteiger partial charge in [0.25, 0.3) is 5.91 Å². The summed E-state index contributed by atoms with van der Waals surface area (Å²) in [4.78, 5) is 38.8. The maximum atomic E-state index is 13.2. The second-order valence-corrected chi connectivity index (χ2v) is 9.37. The van der Waals surface area contributed by atoms with Gasteiger partial charge in [-0.15, -0.1) is 11.3 Å². The van der Waals surface area contributed by atoms with Crippen LogP contribution in [0.25, 0.3) is 0 Å². The van der Waals surface area contributed by atoms with Gasteiger partial charge in [0, 0.05) is 24.4 Å². The van der Waals surface area contributed by atoms with Crippen molar-refractivity contribution in [2.75, 3.05) is 0 Å². The zero-order valence-corrected chi connectivity index (χ0v) is 18.9. The van der Waals surface area contributed by atoms with Gasteiger partial charge >= 0.3 is 0 Å². The zero-order chi connectivity index (χ0) is 22.2. The van der Waals surface area contributed by atoms with E-state index in [4.69, 9.17) is 0 Å². The van der Waals surface area contributed by atoms with E-state index in [0.717, 1.165) is 24.8 Å². The molecule has 31 heavy (non-hydrogen) atoms. The highest BCUT2D eigenvalue weighted by Gasteiger charge is 2.30. The van der Waals surface area contributed by atoms with Crippen LogP contribution >= 0.6 is 11.3 Å². The van der Waals surface area contributed by atoms with Gasteiger partial charge in [-0.1, -0.05) is 42.8 Å². The molecule has 3 unspecified atom stereocenters. The molecule has 1 saturated carbocycles. The van der Waals surface area contributed by atoms with Gasteiger partial charge in [0.1, 0.15) is 6.04 Å². The predicted molar refractivity (Wildman–Crippen MR) is 123 cm³/mol. The lowest BCUT2D eigenvalue weighted by molar-refractivity contribution is -0.128. The van der Waals surface area contributed by atoms with Crippen molar-refractivity contribution in [1.82, 2.24) is 16.0 Å². The SMILES string of the molecule is CC(C)NC(=O)C1CCCC(NC(=O)C(Cc2ccccc2)NC(=O)c2cccs2)C1. The van der Waals surface area contributed by atoms with Crippen LogP contribution in [-0.4, -0.2) is 35.8 Å². The van der Waals surface area contributed by atoms with Crippen LogP contribution in [0.4, 0.5) is 0 Å². The summed E-state index contributed by atoms with van der Waals surface area (Å²) < 4.78 is 0. The smallest absolute Gasteiger partial charge is 0.262 e. The molecule has 3 amide bonds. The van der Waals surface area contributed by atoms with Crippen molar-refractivity contribution in [2.24, 2.45) is 5.92 Å². The van der Waals surface area contributed by atoms with Gasteiger partial charge in [-0.05, 0) is 50.1 Å². The van der Waals surface area contributed by atoms with Crippen molar-refractivity contribution < 1.29 is 14.4 Å². The summed E-state index contributed by atoms with van der Waals surface area (Å²) in [5.74, 6) is -0.483. The summed E-state index contributed by atoms with van der Waals surface area (Å²) in [6.07, 6.45) is 3.61. The molecule has 1 fully saturated rings. The first-order chi connectivity index (χ1) is 14.9. The van der Waals surface area contributed by atoms with E-state index >= 15 is 0 Å². The summed E-state index contributed by atoms with van der Waals surface area (Å²) >= 11 is 1.35. The molecule has 1 heterocycles. The summed E-state index contributed by atoms with van der Waals surface area (Å²) in [5, 5.41) is 10.8. The number of thiophene rings is 1. The predicted octanol–water partition coefficient (Wildman–Crippen LogP) is 3.29. The van der Waals surface area contributed by atoms with Gasteiger partial charge in [0.05, 0.1) is 4.88 Å². The Morgan fingerprint density at radius 1 is 1.03 bits per heavy atom. The molecule has 7 heteroatoms. The van der Waals surface area contributed by atoms with Crippen LogP contribution in [-0.2, 0) is 16.0 Å². The van der Waals surface area contributed by atoms with E-state index in [1.54, 1.807) is 6.07 Å². The minimum Gasteiger partial charge on any atom is -0.354 e. The van der Waals surface area contributed by atoms with Crippen molar-refractivity contribution in [1.29, 1.82) is 0 Å². The van der Waals surface area contributed by atoms with Crippen molar-refractivity contribution >= 4 is 29.1 Å². The standard InChI is InChI=1S/C24H31N3O3S/c1-16(2)25-22(28)18-10-6-11-19(15-18)26-23(29)20(14-17-8-4-3-5-9-17)27-24(30)21-12-7-13-31-21/h3-5,7-9,12-13,16,18-20H,6,10-11,14-15H2,1-2H3,(H,25,28)(H,26,29)(H,27,30). The summed E-state index contributed by atoms with van der Waals surface area (Å²) in [7, 11) is 0. The molecule has 3 N–H and O–H groups in total. The number of nitrogens with one attached hydrogen (secondary N) is 3. The van der Waals surface area contributed by atoms with E-state index in [9.17, 15) is 14.4 Å². The lowest BCUT2D eigenvalue weighted by atomic mass is 9.84. The van der Waals surface area contributed by atoms with Crippen LogP contribution in [0.5, 0.6) is 0 Å². The average molecular weight is 442 g/mol. The third-order valence-electron chi connectivity index (χ3n) is 5.47. The Morgan fingerprint density at radius 3 is 2.48 bits per heavy atom. The fourth-order valence-corrected chi connectivity index (χ4v) is 4.59. The molecule has 0 bridgehead atoms. The van der Waals surface area contributed by atoms with E-state index in [2.05, 4.69) is 16.0 Å². The fraction of sp³-hybridized carbons (Fsp3) is 0.458. The number of rotatable bonds is 8. The van der Waals surface area contributed by atoms with E-state index in [1.807, 2.05) is 55.6 Å². The Bertz CT molecular complexity index is 867. The van der Waals surface area contributed by atoms with Crippen LogP contribution in [0.1, 0.15) is 54.8 Å². The van der Waals surface area contributed by atoms with Crippen molar-refractivity contribution in [2.45, 2.75) is 64.1 Å². The lowest BCUT2D eigenvalue weighted by Crippen LogP contribution is -2.52. The Kier molecular flexibility index (Phi) is 8.23. The minimum atomic E-state index is -0.679. The molecule has 0 spiro atoms. The number of amides is 3. The Balaban J connectivity index is 1.65. The van der Waals surface area contributed by atoms with Gasteiger partial charge in [0.2, 0.25) is 11.8 Å². The van der Waals surface area contributed by atoms with Crippen molar-refractivity contribution in [3.63, 3.8) is 0 Å². The minimum absolute atomic E-state index is 0.0563. The molecular formula is C24H31N3O3S. The molecule has 2 aromatic rings. The molecule has 1 aliphatic carbocycles. The molecule has 166 valence electrons. The van der Waals surface area contributed by atoms with Gasteiger partial charge in [-0.25, -0.2) is 0 Å².